The van der Waals surface area contributed by atoms with Crippen molar-refractivity contribution in [2.24, 2.45) is 0 Å². The molecule has 0 aliphatic carbocycles. The van der Waals surface area contributed by atoms with Crippen molar-refractivity contribution in [1.29, 1.82) is 5.26 Å². The van der Waals surface area contributed by atoms with Crippen LogP contribution in [0.25, 0.3) is 0 Å². The molecule has 0 radical (unpaired) electrons. The number of rotatable bonds is 8. The topological polar surface area (TPSA) is 146 Å². The van der Waals surface area contributed by atoms with Crippen LogP contribution in [0.3, 0.4) is 0 Å². The number of nitriles is 1. The van der Waals surface area contributed by atoms with E-state index >= 15 is 0 Å². The van der Waals surface area contributed by atoms with Crippen molar-refractivity contribution < 1.29 is 42.9 Å². The predicted octanol–water partition coefficient (Wildman–Crippen LogP) is 0.244. The molecular formula is C16H21NO9. The standard InChI is InChI=1S/C9H11NO4.C7H10O5/c1-13-8(11)5-7(3-4-10)6-9(12)14-2;1-11-6(9)3-5(8)4-7(10)12-2/h3H,5-6H2,1-2H3;3-4H2,1-2H3. The Balaban J connectivity index is 0. The summed E-state index contributed by atoms with van der Waals surface area (Å²) in [6.45, 7) is 0. The molecule has 0 N–H and O–H groups in total. The molecule has 10 heteroatoms. The second-order valence-corrected chi connectivity index (χ2v) is 4.48. The van der Waals surface area contributed by atoms with E-state index in [0.717, 1.165) is 6.08 Å². The molecule has 0 aromatic rings. The largest absolute Gasteiger partial charge is 0.469 e. The van der Waals surface area contributed by atoms with Crippen LogP contribution in [0.2, 0.25) is 0 Å². The van der Waals surface area contributed by atoms with Crippen molar-refractivity contribution in [3.63, 3.8) is 0 Å². The first-order valence-electron chi connectivity index (χ1n) is 7.10. The van der Waals surface area contributed by atoms with Gasteiger partial charge >= 0.3 is 23.9 Å². The van der Waals surface area contributed by atoms with Crippen LogP contribution >= 0.6 is 0 Å². The number of hydrogen-bond donors (Lipinski definition) is 0. The van der Waals surface area contributed by atoms with Gasteiger partial charge in [0.05, 0.1) is 47.4 Å². The number of Topliss-reactive ketones (excluding diaryl/α,β-unsaturated/α-hetero) is 1. The molecule has 0 amide bonds. The maximum atomic E-state index is 10.8. The molecule has 0 aliphatic heterocycles. The smallest absolute Gasteiger partial charge is 0.313 e. The number of allylic oxidation sites excluding steroid dienone is 1. The Morgan fingerprint density at radius 1 is 0.692 bits per heavy atom. The molecule has 0 aromatic carbocycles. The Kier molecular flexibility index (Phi) is 14.7. The van der Waals surface area contributed by atoms with E-state index in [4.69, 9.17) is 5.26 Å². The van der Waals surface area contributed by atoms with Gasteiger partial charge in [0.2, 0.25) is 0 Å². The number of esters is 4. The monoisotopic (exact) mass is 371 g/mol. The van der Waals surface area contributed by atoms with Crippen LogP contribution < -0.4 is 0 Å². The Hall–Kier alpha value is -3.22. The van der Waals surface area contributed by atoms with Gasteiger partial charge in [-0.15, -0.1) is 0 Å². The fourth-order valence-corrected chi connectivity index (χ4v) is 1.30. The minimum atomic E-state index is -0.649. The highest BCUT2D eigenvalue weighted by molar-refractivity contribution is 6.03. The Bertz CT molecular complexity index is 547. The van der Waals surface area contributed by atoms with E-state index in [9.17, 15) is 24.0 Å². The maximum Gasteiger partial charge on any atom is 0.313 e. The number of ketones is 1. The third kappa shape index (κ3) is 14.4. The van der Waals surface area contributed by atoms with Gasteiger partial charge < -0.3 is 18.9 Å². The summed E-state index contributed by atoms with van der Waals surface area (Å²) in [5, 5.41) is 8.38. The van der Waals surface area contributed by atoms with Crippen LogP contribution in [-0.4, -0.2) is 58.1 Å². The van der Waals surface area contributed by atoms with E-state index in [1.165, 1.54) is 28.4 Å². The van der Waals surface area contributed by atoms with Gasteiger partial charge in [-0.1, -0.05) is 0 Å². The molecule has 0 heterocycles. The lowest BCUT2D eigenvalue weighted by Gasteiger charge is -2.02. The molecular weight excluding hydrogens is 350 g/mol. The van der Waals surface area contributed by atoms with Crippen molar-refractivity contribution in [3.8, 4) is 6.07 Å². The fourth-order valence-electron chi connectivity index (χ4n) is 1.30. The van der Waals surface area contributed by atoms with E-state index in [-0.39, 0.29) is 25.7 Å². The normalized spacial score (nSPS) is 8.58. The van der Waals surface area contributed by atoms with Crippen LogP contribution in [0, 0.1) is 11.3 Å². The van der Waals surface area contributed by atoms with Crippen LogP contribution in [-0.2, 0) is 42.9 Å². The predicted molar refractivity (Wildman–Crippen MR) is 85.2 cm³/mol. The van der Waals surface area contributed by atoms with Crippen molar-refractivity contribution in [1.82, 2.24) is 0 Å². The first-order chi connectivity index (χ1) is 12.2. The van der Waals surface area contributed by atoms with Crippen LogP contribution in [0.1, 0.15) is 25.7 Å². The summed E-state index contributed by atoms with van der Waals surface area (Å²) >= 11 is 0. The highest BCUT2D eigenvalue weighted by Crippen LogP contribution is 2.08. The lowest BCUT2D eigenvalue weighted by Crippen LogP contribution is -2.14. The molecule has 0 saturated carbocycles. The zero-order valence-corrected chi connectivity index (χ0v) is 15.0. The van der Waals surface area contributed by atoms with E-state index in [1.807, 2.05) is 0 Å². The number of hydrogen-bond acceptors (Lipinski definition) is 10. The maximum absolute atomic E-state index is 10.8. The van der Waals surface area contributed by atoms with Crippen LogP contribution in [0.15, 0.2) is 11.6 Å². The molecule has 0 fully saturated rings. The molecule has 0 spiro atoms. The average molecular weight is 371 g/mol. The number of carbonyl (C=O) groups excluding carboxylic acids is 5. The zero-order chi connectivity index (χ0) is 20.5. The Morgan fingerprint density at radius 2 is 1.00 bits per heavy atom. The van der Waals surface area contributed by atoms with E-state index in [2.05, 4.69) is 18.9 Å². The summed E-state index contributed by atoms with van der Waals surface area (Å²) in [6, 6.07) is 1.75. The number of nitrogens with zero attached hydrogens (tertiary/aromatic N) is 1. The molecule has 26 heavy (non-hydrogen) atoms. The summed E-state index contributed by atoms with van der Waals surface area (Å²) in [4.78, 5) is 53.5. The zero-order valence-electron chi connectivity index (χ0n) is 15.0. The quantitative estimate of drug-likeness (QED) is 0.252. The van der Waals surface area contributed by atoms with Crippen molar-refractivity contribution in [3.05, 3.63) is 11.6 Å². The van der Waals surface area contributed by atoms with E-state index in [0.29, 0.717) is 5.57 Å². The molecule has 0 rings (SSSR count). The van der Waals surface area contributed by atoms with Crippen LogP contribution in [0.5, 0.6) is 0 Å². The summed E-state index contributed by atoms with van der Waals surface area (Å²) in [5.41, 5.74) is 0.381. The molecule has 0 unspecified atom stereocenters. The fraction of sp³-hybridized carbons (Fsp3) is 0.500. The summed E-state index contributed by atoms with van der Waals surface area (Å²) in [6.07, 6.45) is 0.239. The van der Waals surface area contributed by atoms with Gasteiger partial charge in [0, 0.05) is 6.08 Å². The third-order valence-electron chi connectivity index (χ3n) is 2.61. The van der Waals surface area contributed by atoms with Crippen LogP contribution in [0.4, 0.5) is 0 Å². The van der Waals surface area contributed by atoms with Crippen molar-refractivity contribution >= 4 is 29.7 Å². The third-order valence-corrected chi connectivity index (χ3v) is 2.61. The molecule has 10 nitrogen and oxygen atoms in total. The molecule has 0 aromatic heterocycles. The molecule has 0 aliphatic rings. The lowest BCUT2D eigenvalue weighted by atomic mass is 10.1. The molecule has 0 saturated heterocycles. The second-order valence-electron chi connectivity index (χ2n) is 4.48. The number of carbonyl (C=O) groups is 5. The first kappa shape index (κ1) is 25.0. The second kappa shape index (κ2) is 15.3. The van der Waals surface area contributed by atoms with Gasteiger partial charge in [-0.05, 0) is 5.57 Å². The minimum Gasteiger partial charge on any atom is -0.469 e. The Morgan fingerprint density at radius 3 is 1.27 bits per heavy atom. The highest BCUT2D eigenvalue weighted by atomic mass is 16.5. The van der Waals surface area contributed by atoms with Gasteiger partial charge in [0.1, 0.15) is 12.8 Å². The van der Waals surface area contributed by atoms with Gasteiger partial charge in [-0.2, -0.15) is 5.26 Å². The molecule has 144 valence electrons. The summed E-state index contributed by atoms with van der Waals surface area (Å²) in [5.74, 6) is -2.78. The van der Waals surface area contributed by atoms with E-state index < -0.39 is 29.7 Å². The van der Waals surface area contributed by atoms with Gasteiger partial charge in [0.25, 0.3) is 0 Å². The summed E-state index contributed by atoms with van der Waals surface area (Å²) in [7, 11) is 4.83. The highest BCUT2D eigenvalue weighted by Gasteiger charge is 2.13. The van der Waals surface area contributed by atoms with Crippen molar-refractivity contribution in [2.75, 3.05) is 28.4 Å². The SMILES string of the molecule is COC(=O)CC(=CC#N)CC(=O)OC.COC(=O)CC(=O)CC(=O)OC. The summed E-state index contributed by atoms with van der Waals surface area (Å²) < 4.78 is 17.3. The first-order valence-corrected chi connectivity index (χ1v) is 7.10. The lowest BCUT2D eigenvalue weighted by molar-refractivity contribution is -0.147. The average Bonchev–Trinajstić information content (AvgIpc) is 2.61. The molecule has 0 atom stereocenters. The van der Waals surface area contributed by atoms with Gasteiger partial charge in [0.15, 0.2) is 5.78 Å². The Labute approximate surface area is 150 Å². The van der Waals surface area contributed by atoms with Gasteiger partial charge in [-0.3, -0.25) is 24.0 Å². The van der Waals surface area contributed by atoms with Crippen molar-refractivity contribution in [2.45, 2.75) is 25.7 Å². The number of ether oxygens (including phenoxy) is 4. The minimum absolute atomic E-state index is 0.0703. The molecule has 0 bridgehead atoms. The number of methoxy groups -OCH3 is 4. The van der Waals surface area contributed by atoms with Gasteiger partial charge in [-0.25, -0.2) is 0 Å². The van der Waals surface area contributed by atoms with E-state index in [1.54, 1.807) is 6.07 Å².